The molecular weight excluding hydrogens is 372 g/mol. The van der Waals surface area contributed by atoms with E-state index in [1.54, 1.807) is 22.7 Å². The average molecular weight is 393 g/mol. The van der Waals surface area contributed by atoms with E-state index in [-0.39, 0.29) is 11.2 Å². The lowest BCUT2D eigenvalue weighted by molar-refractivity contribution is -0.120. The second kappa shape index (κ2) is 8.64. The third kappa shape index (κ3) is 4.50. The minimum atomic E-state index is -0.214. The zero-order chi connectivity index (χ0) is 17.6. The maximum atomic E-state index is 12.3. The van der Waals surface area contributed by atoms with Crippen molar-refractivity contribution in [1.29, 1.82) is 0 Å². The summed E-state index contributed by atoms with van der Waals surface area (Å²) >= 11 is 4.81. The molecule has 5 nitrogen and oxygen atoms in total. The lowest BCUT2D eigenvalue weighted by Crippen LogP contribution is -2.32. The topological polar surface area (TPSA) is 59.8 Å². The summed E-state index contributed by atoms with van der Waals surface area (Å²) in [6.07, 6.45) is 0.870. The second-order valence-corrected chi connectivity index (χ2v) is 8.70. The van der Waals surface area contributed by atoms with E-state index in [4.69, 9.17) is 0 Å². The maximum absolute atomic E-state index is 12.3. The van der Waals surface area contributed by atoms with Crippen molar-refractivity contribution < 1.29 is 4.79 Å². The van der Waals surface area contributed by atoms with Gasteiger partial charge in [0.1, 0.15) is 0 Å². The van der Waals surface area contributed by atoms with E-state index in [0.717, 1.165) is 28.8 Å². The Morgan fingerprint density at radius 3 is 2.76 bits per heavy atom. The Morgan fingerprint density at radius 1 is 1.28 bits per heavy atom. The van der Waals surface area contributed by atoms with Gasteiger partial charge in [0, 0.05) is 18.0 Å². The van der Waals surface area contributed by atoms with Crippen LogP contribution in [0.15, 0.2) is 40.2 Å². The van der Waals surface area contributed by atoms with Crippen molar-refractivity contribution in [3.05, 3.63) is 39.9 Å². The number of nitrogens with zero attached hydrogens (tertiary/aromatic N) is 3. The number of thiophene rings is 2. The Balaban J connectivity index is 1.58. The van der Waals surface area contributed by atoms with Crippen LogP contribution in [0.5, 0.6) is 0 Å². The van der Waals surface area contributed by atoms with Gasteiger partial charge in [0.25, 0.3) is 0 Å². The average Bonchev–Trinajstić information content (AvgIpc) is 3.35. The maximum Gasteiger partial charge on any atom is 0.233 e. The highest BCUT2D eigenvalue weighted by molar-refractivity contribution is 8.00. The minimum Gasteiger partial charge on any atom is -0.355 e. The Labute approximate surface area is 159 Å². The summed E-state index contributed by atoms with van der Waals surface area (Å²) in [7, 11) is 0. The van der Waals surface area contributed by atoms with Gasteiger partial charge >= 0.3 is 0 Å². The number of hydrogen-bond acceptors (Lipinski definition) is 6. The van der Waals surface area contributed by atoms with Gasteiger partial charge < -0.3 is 9.88 Å². The van der Waals surface area contributed by atoms with E-state index in [2.05, 4.69) is 38.5 Å². The Morgan fingerprint density at radius 2 is 2.08 bits per heavy atom. The van der Waals surface area contributed by atoms with Crippen LogP contribution in [0.4, 0.5) is 0 Å². The predicted molar refractivity (Wildman–Crippen MR) is 105 cm³/mol. The minimum absolute atomic E-state index is 0.0323. The van der Waals surface area contributed by atoms with E-state index < -0.39 is 0 Å². The quantitative estimate of drug-likeness (QED) is 0.590. The molecule has 0 fully saturated rings. The molecule has 0 aliphatic carbocycles. The lowest BCUT2D eigenvalue weighted by atomic mass is 10.3. The first-order chi connectivity index (χ1) is 12.2. The molecule has 0 bridgehead atoms. The van der Waals surface area contributed by atoms with Gasteiger partial charge in [-0.1, -0.05) is 23.9 Å². The van der Waals surface area contributed by atoms with Crippen LogP contribution in [0, 0.1) is 0 Å². The first kappa shape index (κ1) is 18.2. The van der Waals surface area contributed by atoms with Crippen LogP contribution in [-0.4, -0.2) is 32.5 Å². The fourth-order valence-electron chi connectivity index (χ4n) is 2.37. The monoisotopic (exact) mass is 392 g/mol. The number of rotatable bonds is 8. The van der Waals surface area contributed by atoms with Gasteiger partial charge in [0.05, 0.1) is 10.1 Å². The number of thioether (sulfide) groups is 1. The first-order valence-corrected chi connectivity index (χ1v) is 10.8. The van der Waals surface area contributed by atoms with Crippen LogP contribution >= 0.6 is 34.4 Å². The summed E-state index contributed by atoms with van der Waals surface area (Å²) in [4.78, 5) is 14.7. The van der Waals surface area contributed by atoms with Gasteiger partial charge in [-0.2, -0.15) is 0 Å². The predicted octanol–water partition coefficient (Wildman–Crippen LogP) is 3.93. The highest BCUT2D eigenvalue weighted by Gasteiger charge is 2.20. The number of carbonyl (C=O) groups is 1. The molecule has 0 aliphatic heterocycles. The Hall–Kier alpha value is -1.64. The van der Waals surface area contributed by atoms with Crippen molar-refractivity contribution in [2.45, 2.75) is 37.2 Å². The summed E-state index contributed by atoms with van der Waals surface area (Å²) < 4.78 is 2.06. The number of carbonyl (C=O) groups excluding carboxylic acids is 1. The Bertz CT molecular complexity index is 796. The SMILES string of the molecule is CCn1c(SC(C)C(=O)NCCc2cccs2)nnc1-c1cccs1. The van der Waals surface area contributed by atoms with Crippen LogP contribution < -0.4 is 5.32 Å². The van der Waals surface area contributed by atoms with Gasteiger partial charge in [0.2, 0.25) is 5.91 Å². The fraction of sp³-hybridized carbons (Fsp3) is 0.353. The summed E-state index contributed by atoms with van der Waals surface area (Å²) in [6, 6.07) is 8.16. The molecule has 132 valence electrons. The third-order valence-corrected chi connectivity index (χ3v) is 6.56. The highest BCUT2D eigenvalue weighted by Crippen LogP contribution is 2.29. The van der Waals surface area contributed by atoms with Crippen molar-refractivity contribution in [1.82, 2.24) is 20.1 Å². The van der Waals surface area contributed by atoms with E-state index >= 15 is 0 Å². The molecule has 0 aliphatic rings. The molecule has 0 aromatic carbocycles. The molecule has 1 unspecified atom stereocenters. The van der Waals surface area contributed by atoms with Crippen molar-refractivity contribution in [2.24, 2.45) is 0 Å². The fourth-order valence-corrected chi connectivity index (χ4v) is 4.73. The molecule has 0 spiro atoms. The van der Waals surface area contributed by atoms with Gasteiger partial charge in [-0.3, -0.25) is 4.79 Å². The molecule has 0 radical (unpaired) electrons. The molecule has 8 heteroatoms. The molecule has 1 amide bonds. The van der Waals surface area contributed by atoms with E-state index in [0.29, 0.717) is 6.54 Å². The van der Waals surface area contributed by atoms with Crippen LogP contribution in [0.3, 0.4) is 0 Å². The summed E-state index contributed by atoms with van der Waals surface area (Å²) in [5, 5.41) is 16.3. The second-order valence-electron chi connectivity index (χ2n) is 5.41. The number of amides is 1. The van der Waals surface area contributed by atoms with Gasteiger partial charge in [-0.25, -0.2) is 0 Å². The molecule has 3 aromatic heterocycles. The van der Waals surface area contributed by atoms with Crippen molar-refractivity contribution in [3.8, 4) is 10.7 Å². The molecule has 0 saturated heterocycles. The smallest absolute Gasteiger partial charge is 0.233 e. The van der Waals surface area contributed by atoms with Crippen molar-refractivity contribution in [2.75, 3.05) is 6.54 Å². The van der Waals surface area contributed by atoms with E-state index in [1.165, 1.54) is 16.6 Å². The number of hydrogen-bond donors (Lipinski definition) is 1. The zero-order valence-corrected chi connectivity index (χ0v) is 16.6. The Kier molecular flexibility index (Phi) is 6.28. The molecule has 3 rings (SSSR count). The largest absolute Gasteiger partial charge is 0.355 e. The number of nitrogens with one attached hydrogen (secondary N) is 1. The summed E-state index contributed by atoms with van der Waals surface area (Å²) in [5.74, 6) is 0.898. The first-order valence-electron chi connectivity index (χ1n) is 8.13. The standard InChI is InChI=1S/C17H20N4OS3/c1-3-21-15(14-7-5-11-24-14)19-20-17(21)25-12(2)16(22)18-9-8-13-6-4-10-23-13/h4-7,10-12H,3,8-9H2,1-2H3,(H,18,22). The molecular formula is C17H20N4OS3. The molecule has 0 saturated carbocycles. The third-order valence-electron chi connectivity index (χ3n) is 3.68. The number of aromatic nitrogens is 3. The summed E-state index contributed by atoms with van der Waals surface area (Å²) in [6.45, 7) is 5.40. The van der Waals surface area contributed by atoms with Crippen LogP contribution in [0.1, 0.15) is 18.7 Å². The van der Waals surface area contributed by atoms with Crippen molar-refractivity contribution in [3.63, 3.8) is 0 Å². The molecule has 3 heterocycles. The zero-order valence-electron chi connectivity index (χ0n) is 14.1. The lowest BCUT2D eigenvalue weighted by Gasteiger charge is -2.12. The highest BCUT2D eigenvalue weighted by atomic mass is 32.2. The van der Waals surface area contributed by atoms with Crippen LogP contribution in [0.2, 0.25) is 0 Å². The molecule has 25 heavy (non-hydrogen) atoms. The molecule has 1 atom stereocenters. The van der Waals surface area contributed by atoms with Crippen LogP contribution in [0.25, 0.3) is 10.7 Å². The molecule has 1 N–H and O–H groups in total. The van der Waals surface area contributed by atoms with Gasteiger partial charge in [-0.05, 0) is 43.2 Å². The van der Waals surface area contributed by atoms with Gasteiger partial charge in [-0.15, -0.1) is 32.9 Å². The van der Waals surface area contributed by atoms with E-state index in [9.17, 15) is 4.79 Å². The van der Waals surface area contributed by atoms with Gasteiger partial charge in [0.15, 0.2) is 11.0 Å². The van der Waals surface area contributed by atoms with E-state index in [1.807, 2.05) is 30.5 Å². The van der Waals surface area contributed by atoms with Crippen molar-refractivity contribution >= 4 is 40.3 Å². The summed E-state index contributed by atoms with van der Waals surface area (Å²) in [5.41, 5.74) is 0. The molecule has 3 aromatic rings. The van der Waals surface area contributed by atoms with Crippen LogP contribution in [-0.2, 0) is 17.8 Å². The normalized spacial score (nSPS) is 12.2.